The van der Waals surface area contributed by atoms with Gasteiger partial charge in [0, 0.05) is 15.1 Å². The zero-order chi connectivity index (χ0) is 24.4. The first-order valence-electron chi connectivity index (χ1n) is 10.9. The fourth-order valence-corrected chi connectivity index (χ4v) is 4.98. The number of halogens is 2. The fourth-order valence-electron chi connectivity index (χ4n) is 3.73. The molecule has 174 valence electrons. The summed E-state index contributed by atoms with van der Waals surface area (Å²) in [5, 5.41) is 6.11. The molecule has 1 aliphatic rings. The standard InChI is InChI=1S/C28H20BrClN2O2S/c1-17-23(30)7-4-8-24(17)31-28-32-27(33)26(35-28)15-22-21-6-3-2-5-19(21)11-14-25(22)34-16-18-9-12-20(29)13-10-18/h2-15H,16H2,1H3,(H,31,32,33)/b26-15-. The van der Waals surface area contributed by atoms with Crippen LogP contribution < -0.4 is 10.1 Å². The minimum atomic E-state index is -0.194. The summed E-state index contributed by atoms with van der Waals surface area (Å²) in [6.07, 6.45) is 1.88. The van der Waals surface area contributed by atoms with Gasteiger partial charge in [-0.3, -0.25) is 4.79 Å². The van der Waals surface area contributed by atoms with Gasteiger partial charge in [-0.25, -0.2) is 4.99 Å². The summed E-state index contributed by atoms with van der Waals surface area (Å²) in [7, 11) is 0. The Morgan fingerprint density at radius 2 is 1.83 bits per heavy atom. The van der Waals surface area contributed by atoms with E-state index < -0.39 is 0 Å². The molecule has 4 nitrogen and oxygen atoms in total. The Morgan fingerprint density at radius 3 is 2.66 bits per heavy atom. The predicted molar refractivity (Wildman–Crippen MR) is 149 cm³/mol. The summed E-state index contributed by atoms with van der Waals surface area (Å²) in [6.45, 7) is 2.33. The lowest BCUT2D eigenvalue weighted by atomic mass is 10.0. The van der Waals surface area contributed by atoms with E-state index in [2.05, 4.69) is 26.2 Å². The molecule has 1 N–H and O–H groups in total. The average Bonchev–Trinajstić information content (AvgIpc) is 3.21. The largest absolute Gasteiger partial charge is 0.488 e. The van der Waals surface area contributed by atoms with E-state index in [1.807, 2.05) is 91.9 Å². The molecule has 0 saturated carbocycles. The summed E-state index contributed by atoms with van der Waals surface area (Å²) in [5.74, 6) is 0.517. The van der Waals surface area contributed by atoms with E-state index in [1.54, 1.807) is 0 Å². The third kappa shape index (κ3) is 5.30. The highest BCUT2D eigenvalue weighted by Crippen LogP contribution is 2.36. The number of carbonyl (C=O) groups is 1. The zero-order valence-corrected chi connectivity index (χ0v) is 21.9. The molecular formula is C28H20BrClN2O2S. The second-order valence-electron chi connectivity index (χ2n) is 7.98. The van der Waals surface area contributed by atoms with Gasteiger partial charge < -0.3 is 10.1 Å². The second kappa shape index (κ2) is 10.3. The van der Waals surface area contributed by atoms with Crippen LogP contribution in [0, 0.1) is 6.92 Å². The third-order valence-corrected chi connectivity index (χ3v) is 7.47. The van der Waals surface area contributed by atoms with Crippen LogP contribution in [0.3, 0.4) is 0 Å². The predicted octanol–water partition coefficient (Wildman–Crippen LogP) is 8.03. The molecule has 1 amide bonds. The molecule has 35 heavy (non-hydrogen) atoms. The van der Waals surface area contributed by atoms with Crippen LogP contribution in [0.15, 0.2) is 93.2 Å². The highest BCUT2D eigenvalue weighted by atomic mass is 79.9. The van der Waals surface area contributed by atoms with Crippen LogP contribution in [-0.2, 0) is 11.4 Å². The number of rotatable bonds is 5. The number of hydrogen-bond acceptors (Lipinski definition) is 4. The van der Waals surface area contributed by atoms with E-state index in [-0.39, 0.29) is 5.91 Å². The van der Waals surface area contributed by atoms with E-state index in [9.17, 15) is 4.79 Å². The molecule has 4 aromatic carbocycles. The molecule has 0 spiro atoms. The van der Waals surface area contributed by atoms with Gasteiger partial charge >= 0.3 is 0 Å². The lowest BCUT2D eigenvalue weighted by Gasteiger charge is -2.13. The monoisotopic (exact) mass is 562 g/mol. The van der Waals surface area contributed by atoms with Gasteiger partial charge in [-0.05, 0) is 77.0 Å². The number of aliphatic imine (C=N–C) groups is 1. The molecule has 0 bridgehead atoms. The first-order valence-corrected chi connectivity index (χ1v) is 12.9. The Kier molecular flexibility index (Phi) is 6.95. The van der Waals surface area contributed by atoms with E-state index in [1.165, 1.54) is 11.8 Å². The Hall–Kier alpha value is -3.06. The summed E-state index contributed by atoms with van der Waals surface area (Å²) in [5.41, 5.74) is 3.51. The Morgan fingerprint density at radius 1 is 1.03 bits per heavy atom. The second-order valence-corrected chi connectivity index (χ2v) is 10.3. The molecule has 0 unspecified atom stereocenters. The minimum Gasteiger partial charge on any atom is -0.488 e. The van der Waals surface area contributed by atoms with Gasteiger partial charge in [0.1, 0.15) is 12.4 Å². The first-order chi connectivity index (χ1) is 17.0. The topological polar surface area (TPSA) is 50.7 Å². The first kappa shape index (κ1) is 23.7. The maximum atomic E-state index is 12.8. The minimum absolute atomic E-state index is 0.194. The third-order valence-electron chi connectivity index (χ3n) is 5.63. The van der Waals surface area contributed by atoms with Crippen LogP contribution in [0.2, 0.25) is 5.02 Å². The molecule has 4 aromatic rings. The van der Waals surface area contributed by atoms with Gasteiger partial charge in [0.2, 0.25) is 0 Å². The molecule has 1 aliphatic heterocycles. The van der Waals surface area contributed by atoms with Crippen molar-refractivity contribution in [3.05, 3.63) is 110 Å². The summed E-state index contributed by atoms with van der Waals surface area (Å²) < 4.78 is 7.24. The quantitative estimate of drug-likeness (QED) is 0.250. The molecule has 0 aliphatic carbocycles. The number of nitrogens with zero attached hydrogens (tertiary/aromatic N) is 1. The van der Waals surface area contributed by atoms with Gasteiger partial charge in [-0.15, -0.1) is 0 Å². The highest BCUT2D eigenvalue weighted by Gasteiger charge is 2.25. The van der Waals surface area contributed by atoms with Crippen molar-refractivity contribution in [2.75, 3.05) is 0 Å². The van der Waals surface area contributed by atoms with Crippen LogP contribution in [0.1, 0.15) is 16.7 Å². The van der Waals surface area contributed by atoms with Crippen molar-refractivity contribution < 1.29 is 9.53 Å². The molecule has 5 rings (SSSR count). The van der Waals surface area contributed by atoms with E-state index >= 15 is 0 Å². The van der Waals surface area contributed by atoms with E-state index in [0.29, 0.717) is 27.5 Å². The molecule has 1 heterocycles. The highest BCUT2D eigenvalue weighted by molar-refractivity contribution is 9.10. The average molecular weight is 564 g/mol. The Labute approximate surface area is 221 Å². The van der Waals surface area contributed by atoms with Crippen molar-refractivity contribution >= 4 is 72.9 Å². The smallest absolute Gasteiger partial charge is 0.264 e. The number of carbonyl (C=O) groups excluding carboxylic acids is 1. The number of thioether (sulfide) groups is 1. The number of hydrogen-bond donors (Lipinski definition) is 1. The number of benzene rings is 4. The van der Waals surface area contributed by atoms with Gasteiger partial charge in [0.05, 0.1) is 10.6 Å². The lowest BCUT2D eigenvalue weighted by molar-refractivity contribution is -0.115. The normalized spacial score (nSPS) is 15.7. The van der Waals surface area contributed by atoms with Gasteiger partial charge in [-0.2, -0.15) is 0 Å². The van der Waals surface area contributed by atoms with E-state index in [0.717, 1.165) is 37.6 Å². The van der Waals surface area contributed by atoms with Crippen molar-refractivity contribution in [2.45, 2.75) is 13.5 Å². The van der Waals surface area contributed by atoms with Crippen molar-refractivity contribution in [3.63, 3.8) is 0 Å². The molecule has 0 aromatic heterocycles. The van der Waals surface area contributed by atoms with Crippen molar-refractivity contribution in [2.24, 2.45) is 4.99 Å². The number of amides is 1. The van der Waals surface area contributed by atoms with Gasteiger partial charge in [-0.1, -0.05) is 76.1 Å². The number of nitrogens with one attached hydrogen (secondary N) is 1. The Balaban J connectivity index is 1.49. The van der Waals surface area contributed by atoms with Crippen LogP contribution in [-0.4, -0.2) is 11.1 Å². The summed E-state index contributed by atoms with van der Waals surface area (Å²) >= 11 is 11.0. The molecule has 1 saturated heterocycles. The summed E-state index contributed by atoms with van der Waals surface area (Å²) in [4.78, 5) is 18.0. The van der Waals surface area contributed by atoms with E-state index in [4.69, 9.17) is 16.3 Å². The molecule has 1 fully saturated rings. The SMILES string of the molecule is Cc1c(Cl)cccc1N=C1NC(=O)/C(=C/c2c(OCc3ccc(Br)cc3)ccc3ccccc23)S1. The molecular weight excluding hydrogens is 544 g/mol. The number of ether oxygens (including phenoxy) is 1. The van der Waals surface area contributed by atoms with Crippen LogP contribution in [0.25, 0.3) is 16.8 Å². The molecule has 0 atom stereocenters. The van der Waals surface area contributed by atoms with Crippen LogP contribution >= 0.6 is 39.3 Å². The number of amidine groups is 1. The summed E-state index contributed by atoms with van der Waals surface area (Å²) in [6, 6.07) is 25.6. The maximum Gasteiger partial charge on any atom is 0.264 e. The van der Waals surface area contributed by atoms with Crippen LogP contribution in [0.4, 0.5) is 5.69 Å². The lowest BCUT2D eigenvalue weighted by Crippen LogP contribution is -2.19. The van der Waals surface area contributed by atoms with Crippen molar-refractivity contribution in [1.82, 2.24) is 5.32 Å². The molecule has 7 heteroatoms. The van der Waals surface area contributed by atoms with Gasteiger partial charge in [0.25, 0.3) is 5.91 Å². The van der Waals surface area contributed by atoms with Crippen molar-refractivity contribution in [3.8, 4) is 5.75 Å². The molecule has 0 radical (unpaired) electrons. The Bertz CT molecular complexity index is 1500. The zero-order valence-electron chi connectivity index (χ0n) is 18.7. The van der Waals surface area contributed by atoms with Crippen LogP contribution in [0.5, 0.6) is 5.75 Å². The fraction of sp³-hybridized carbons (Fsp3) is 0.0714. The van der Waals surface area contributed by atoms with Crippen molar-refractivity contribution in [1.29, 1.82) is 0 Å². The maximum absolute atomic E-state index is 12.8. The van der Waals surface area contributed by atoms with Gasteiger partial charge in [0.15, 0.2) is 5.17 Å². The number of fused-ring (bicyclic) bond motifs is 1.